The zero-order chi connectivity index (χ0) is 14.0. The highest BCUT2D eigenvalue weighted by atomic mass is 16.5. The number of rotatable bonds is 2. The van der Waals surface area contributed by atoms with Crippen LogP contribution in [0.3, 0.4) is 0 Å². The smallest absolute Gasteiger partial charge is 0.309 e. The number of hydrogen-bond acceptors (Lipinski definition) is 4. The van der Waals surface area contributed by atoms with Gasteiger partial charge in [-0.15, -0.1) is 0 Å². The molecule has 0 aromatic carbocycles. The first kappa shape index (κ1) is 14.0. The Morgan fingerprint density at radius 3 is 2.84 bits per heavy atom. The Labute approximate surface area is 114 Å². The summed E-state index contributed by atoms with van der Waals surface area (Å²) in [6.45, 7) is 4.03. The molecule has 2 saturated carbocycles. The second kappa shape index (κ2) is 5.32. The average Bonchev–Trinajstić information content (AvgIpc) is 2.42. The van der Waals surface area contributed by atoms with Gasteiger partial charge in [0, 0.05) is 5.92 Å². The quantitative estimate of drug-likeness (QED) is 0.718. The van der Waals surface area contributed by atoms with Gasteiger partial charge in [-0.25, -0.2) is 0 Å². The maximum Gasteiger partial charge on any atom is 0.309 e. The molecular weight excluding hydrogens is 242 g/mol. The van der Waals surface area contributed by atoms with Gasteiger partial charge in [0.2, 0.25) is 0 Å². The Morgan fingerprint density at radius 2 is 2.21 bits per heavy atom. The molecule has 0 amide bonds. The van der Waals surface area contributed by atoms with Gasteiger partial charge in [-0.1, -0.05) is 13.3 Å². The average molecular weight is 263 g/mol. The van der Waals surface area contributed by atoms with Gasteiger partial charge in [0.1, 0.15) is 5.41 Å². The fourth-order valence-corrected chi connectivity index (χ4v) is 3.81. The molecule has 2 fully saturated rings. The minimum Gasteiger partial charge on any atom is -0.466 e. The first-order valence-corrected chi connectivity index (χ1v) is 7.19. The Hall–Kier alpha value is -1.37. The fourth-order valence-electron chi connectivity index (χ4n) is 3.81. The van der Waals surface area contributed by atoms with Crippen LogP contribution in [-0.4, -0.2) is 18.4 Å². The van der Waals surface area contributed by atoms with E-state index in [1.165, 1.54) is 0 Å². The van der Waals surface area contributed by atoms with Gasteiger partial charge in [-0.05, 0) is 38.5 Å². The Kier molecular flexibility index (Phi) is 3.93. The Balaban J connectivity index is 2.31. The van der Waals surface area contributed by atoms with Crippen LogP contribution in [0.2, 0.25) is 0 Å². The molecular formula is C15H21NO3. The number of nitrogens with zero attached hydrogens (tertiary/aromatic N) is 1. The molecule has 0 heterocycles. The summed E-state index contributed by atoms with van der Waals surface area (Å²) in [4.78, 5) is 24.5. The van der Waals surface area contributed by atoms with Crippen LogP contribution in [0.5, 0.6) is 0 Å². The molecule has 0 aliphatic heterocycles. The van der Waals surface area contributed by atoms with E-state index >= 15 is 0 Å². The lowest BCUT2D eigenvalue weighted by Gasteiger charge is -2.46. The van der Waals surface area contributed by atoms with Crippen molar-refractivity contribution in [3.05, 3.63) is 0 Å². The number of ether oxygens (including phenoxy) is 1. The summed E-state index contributed by atoms with van der Waals surface area (Å²) in [7, 11) is 0. The number of Topliss-reactive ketones (excluding diaryl/α,β-unsaturated/α-hetero) is 1. The molecule has 4 heteroatoms. The molecule has 104 valence electrons. The van der Waals surface area contributed by atoms with Crippen molar-refractivity contribution < 1.29 is 14.3 Å². The maximum absolute atomic E-state index is 12.5. The van der Waals surface area contributed by atoms with Crippen LogP contribution < -0.4 is 0 Å². The van der Waals surface area contributed by atoms with E-state index < -0.39 is 5.41 Å². The van der Waals surface area contributed by atoms with Crippen molar-refractivity contribution in [2.45, 2.75) is 46.0 Å². The van der Waals surface area contributed by atoms with Crippen LogP contribution in [0.15, 0.2) is 0 Å². The second-order valence-electron chi connectivity index (χ2n) is 5.78. The molecule has 4 atom stereocenters. The molecule has 19 heavy (non-hydrogen) atoms. The van der Waals surface area contributed by atoms with Gasteiger partial charge in [-0.2, -0.15) is 5.26 Å². The highest BCUT2D eigenvalue weighted by molar-refractivity contribution is 5.91. The summed E-state index contributed by atoms with van der Waals surface area (Å²) in [5.41, 5.74) is -0.937. The monoisotopic (exact) mass is 263 g/mol. The maximum atomic E-state index is 12.5. The Bertz CT molecular complexity index is 426. The molecule has 2 rings (SSSR count). The number of esters is 1. The summed E-state index contributed by atoms with van der Waals surface area (Å²) in [5.74, 6) is -0.662. The zero-order valence-electron chi connectivity index (χ0n) is 11.6. The molecule has 0 aromatic heterocycles. The van der Waals surface area contributed by atoms with Crippen LogP contribution in [0.4, 0.5) is 0 Å². The molecule has 0 aromatic rings. The predicted molar refractivity (Wildman–Crippen MR) is 68.9 cm³/mol. The van der Waals surface area contributed by atoms with E-state index in [4.69, 9.17) is 4.74 Å². The van der Waals surface area contributed by atoms with E-state index in [2.05, 4.69) is 6.07 Å². The number of fused-ring (bicyclic) bond motifs is 1. The lowest BCUT2D eigenvalue weighted by Crippen LogP contribution is -2.51. The summed E-state index contributed by atoms with van der Waals surface area (Å²) in [6.07, 6.45) is 3.67. The third-order valence-corrected chi connectivity index (χ3v) is 4.79. The third-order valence-electron chi connectivity index (χ3n) is 4.79. The molecule has 0 bridgehead atoms. The summed E-state index contributed by atoms with van der Waals surface area (Å²) in [6, 6.07) is 2.27. The minimum absolute atomic E-state index is 0.0419. The molecule has 0 saturated heterocycles. The van der Waals surface area contributed by atoms with E-state index in [0.29, 0.717) is 13.0 Å². The zero-order valence-corrected chi connectivity index (χ0v) is 11.6. The lowest BCUT2D eigenvalue weighted by atomic mass is 9.54. The fraction of sp³-hybridized carbons (Fsp3) is 0.800. The van der Waals surface area contributed by atoms with Crippen molar-refractivity contribution in [2.75, 3.05) is 6.61 Å². The first-order valence-electron chi connectivity index (χ1n) is 7.19. The van der Waals surface area contributed by atoms with Crippen molar-refractivity contribution in [2.24, 2.45) is 23.2 Å². The third kappa shape index (κ3) is 2.16. The van der Waals surface area contributed by atoms with Crippen LogP contribution in [0, 0.1) is 34.5 Å². The number of nitriles is 1. The van der Waals surface area contributed by atoms with Gasteiger partial charge in [-0.3, -0.25) is 9.59 Å². The van der Waals surface area contributed by atoms with E-state index in [1.807, 2.05) is 6.92 Å². The summed E-state index contributed by atoms with van der Waals surface area (Å²) < 4.78 is 5.12. The first-order chi connectivity index (χ1) is 9.06. The summed E-state index contributed by atoms with van der Waals surface area (Å²) >= 11 is 0. The number of carbonyl (C=O) groups excluding carboxylic acids is 2. The highest BCUT2D eigenvalue weighted by Crippen LogP contribution is 2.52. The summed E-state index contributed by atoms with van der Waals surface area (Å²) in [5, 5.41) is 9.57. The topological polar surface area (TPSA) is 67.2 Å². The molecule has 0 N–H and O–H groups in total. The van der Waals surface area contributed by atoms with Gasteiger partial charge in [0.15, 0.2) is 5.78 Å². The molecule has 4 nitrogen and oxygen atoms in total. The van der Waals surface area contributed by atoms with Gasteiger partial charge in [0.05, 0.1) is 18.6 Å². The molecule has 0 unspecified atom stereocenters. The number of carbonyl (C=O) groups is 2. The molecule has 0 spiro atoms. The predicted octanol–water partition coefficient (Wildman–Crippen LogP) is 2.47. The standard InChI is InChI=1S/C15H21NO3/c1-3-19-14(18)11-5-4-8-15(9-16)12(11)7-6-10(2)13(15)17/h10-12H,3-8H2,1-2H3/t10-,11+,12+,15+/m0/s1. The van der Waals surface area contributed by atoms with Crippen molar-refractivity contribution in [1.82, 2.24) is 0 Å². The molecule has 2 aliphatic rings. The van der Waals surface area contributed by atoms with E-state index in [1.54, 1.807) is 6.92 Å². The number of ketones is 1. The van der Waals surface area contributed by atoms with Gasteiger partial charge in [0.25, 0.3) is 0 Å². The van der Waals surface area contributed by atoms with Crippen LogP contribution in [0.25, 0.3) is 0 Å². The van der Waals surface area contributed by atoms with Crippen LogP contribution in [0.1, 0.15) is 46.0 Å². The number of hydrogen-bond donors (Lipinski definition) is 0. The van der Waals surface area contributed by atoms with E-state index in [9.17, 15) is 14.9 Å². The minimum atomic E-state index is -0.937. The van der Waals surface area contributed by atoms with Gasteiger partial charge < -0.3 is 4.74 Å². The van der Waals surface area contributed by atoms with Crippen molar-refractivity contribution in [3.8, 4) is 6.07 Å². The van der Waals surface area contributed by atoms with Crippen LogP contribution in [-0.2, 0) is 14.3 Å². The van der Waals surface area contributed by atoms with Gasteiger partial charge >= 0.3 is 5.97 Å². The molecule has 2 aliphatic carbocycles. The lowest BCUT2D eigenvalue weighted by molar-refractivity contribution is -0.158. The molecule has 0 radical (unpaired) electrons. The normalized spacial score (nSPS) is 38.2. The Morgan fingerprint density at radius 1 is 1.47 bits per heavy atom. The van der Waals surface area contributed by atoms with Crippen molar-refractivity contribution in [1.29, 1.82) is 5.26 Å². The van der Waals surface area contributed by atoms with Crippen molar-refractivity contribution in [3.63, 3.8) is 0 Å². The van der Waals surface area contributed by atoms with Crippen LogP contribution >= 0.6 is 0 Å². The van der Waals surface area contributed by atoms with E-state index in [-0.39, 0.29) is 29.5 Å². The SMILES string of the molecule is CCOC(=O)[C@@H]1CCC[C@]2(C#N)C(=O)[C@@H](C)CC[C@H]12. The largest absolute Gasteiger partial charge is 0.466 e. The van der Waals surface area contributed by atoms with E-state index in [0.717, 1.165) is 25.7 Å². The second-order valence-corrected chi connectivity index (χ2v) is 5.78. The highest BCUT2D eigenvalue weighted by Gasteiger charge is 2.56. The van der Waals surface area contributed by atoms with Crippen molar-refractivity contribution >= 4 is 11.8 Å².